The summed E-state index contributed by atoms with van der Waals surface area (Å²) in [5, 5.41) is 0. The van der Waals surface area contributed by atoms with Gasteiger partial charge in [0, 0.05) is 6.20 Å². The van der Waals surface area contributed by atoms with Crippen LogP contribution in [0.1, 0.15) is 32.6 Å². The van der Waals surface area contributed by atoms with Crippen molar-refractivity contribution in [2.45, 2.75) is 38.7 Å². The Bertz CT molecular complexity index is 332. The highest BCUT2D eigenvalue weighted by molar-refractivity contribution is 14.1. The van der Waals surface area contributed by atoms with Crippen molar-refractivity contribution in [3.05, 3.63) is 16.1 Å². The lowest BCUT2D eigenvalue weighted by atomic mass is 9.89. The number of hydrogen-bond acceptors (Lipinski definition) is 3. The van der Waals surface area contributed by atoms with Gasteiger partial charge < -0.3 is 4.74 Å². The molecule has 0 radical (unpaired) electrons. The smallest absolute Gasteiger partial charge is 0.230 e. The molecule has 1 aliphatic rings. The highest BCUT2D eigenvalue weighted by Crippen LogP contribution is 2.27. The van der Waals surface area contributed by atoms with Gasteiger partial charge >= 0.3 is 0 Å². The Morgan fingerprint density at radius 2 is 2.33 bits per heavy atom. The molecule has 0 amide bonds. The molecule has 1 heterocycles. The first-order valence-electron chi connectivity index (χ1n) is 5.38. The lowest BCUT2D eigenvalue weighted by Gasteiger charge is -2.27. The number of halogens is 1. The maximum Gasteiger partial charge on any atom is 0.230 e. The molecule has 0 saturated heterocycles. The fourth-order valence-electron chi connectivity index (χ4n) is 2.03. The number of rotatable bonds is 2. The van der Waals surface area contributed by atoms with Gasteiger partial charge in [0.1, 0.15) is 12.4 Å². The first-order valence-corrected chi connectivity index (χ1v) is 6.45. The van der Waals surface area contributed by atoms with Gasteiger partial charge in [0.05, 0.1) is 3.57 Å². The maximum absolute atomic E-state index is 5.90. The molecule has 0 aliphatic heterocycles. The molecule has 2 unspecified atom stereocenters. The van der Waals surface area contributed by atoms with E-state index in [0.29, 0.717) is 6.10 Å². The van der Waals surface area contributed by atoms with E-state index in [4.69, 9.17) is 4.74 Å². The Kier molecular flexibility index (Phi) is 3.77. The molecular weight excluding hydrogens is 303 g/mol. The molecule has 1 fully saturated rings. The molecule has 0 aromatic carbocycles. The first kappa shape index (κ1) is 11.1. The number of nitrogens with zero attached hydrogens (tertiary/aromatic N) is 2. The molecule has 1 aliphatic carbocycles. The van der Waals surface area contributed by atoms with E-state index in [1.807, 2.05) is 0 Å². The van der Waals surface area contributed by atoms with Crippen LogP contribution in [0.25, 0.3) is 0 Å². The van der Waals surface area contributed by atoms with Crippen LogP contribution in [-0.2, 0) is 0 Å². The summed E-state index contributed by atoms with van der Waals surface area (Å²) < 4.78 is 6.89. The summed E-state index contributed by atoms with van der Waals surface area (Å²) in [7, 11) is 0. The minimum absolute atomic E-state index is 0.345. The Morgan fingerprint density at radius 3 is 3.07 bits per heavy atom. The topological polar surface area (TPSA) is 35.0 Å². The van der Waals surface area contributed by atoms with E-state index in [2.05, 4.69) is 39.5 Å². The Hall–Kier alpha value is -0.390. The van der Waals surface area contributed by atoms with Crippen LogP contribution in [0.3, 0.4) is 0 Å². The quantitative estimate of drug-likeness (QED) is 0.786. The van der Waals surface area contributed by atoms with Crippen LogP contribution in [0.4, 0.5) is 0 Å². The van der Waals surface area contributed by atoms with Crippen molar-refractivity contribution in [1.29, 1.82) is 0 Å². The average Bonchev–Trinajstić information content (AvgIpc) is 2.22. The van der Waals surface area contributed by atoms with Crippen LogP contribution in [0.2, 0.25) is 0 Å². The van der Waals surface area contributed by atoms with E-state index in [9.17, 15) is 0 Å². The van der Waals surface area contributed by atoms with Crippen LogP contribution in [0.15, 0.2) is 12.5 Å². The molecule has 2 rings (SSSR count). The van der Waals surface area contributed by atoms with Crippen LogP contribution in [0.5, 0.6) is 5.88 Å². The molecule has 0 N–H and O–H groups in total. The Balaban J connectivity index is 1.99. The number of ether oxygens (including phenoxy) is 1. The van der Waals surface area contributed by atoms with Gasteiger partial charge in [-0.15, -0.1) is 0 Å². The predicted molar refractivity (Wildman–Crippen MR) is 66.8 cm³/mol. The highest BCUT2D eigenvalue weighted by Gasteiger charge is 2.21. The van der Waals surface area contributed by atoms with Gasteiger partial charge in [-0.1, -0.05) is 13.3 Å². The summed E-state index contributed by atoms with van der Waals surface area (Å²) in [6.07, 6.45) is 8.59. The SMILES string of the molecule is CC1CCCC(Oc2ncncc2I)C1. The zero-order valence-electron chi connectivity index (χ0n) is 8.82. The Labute approximate surface area is 104 Å². The third-order valence-electron chi connectivity index (χ3n) is 2.80. The molecule has 1 aromatic rings. The second-order valence-electron chi connectivity index (χ2n) is 4.19. The van der Waals surface area contributed by atoms with E-state index < -0.39 is 0 Å². The van der Waals surface area contributed by atoms with Crippen molar-refractivity contribution >= 4 is 22.6 Å². The number of aromatic nitrogens is 2. The predicted octanol–water partition coefficient (Wildman–Crippen LogP) is 3.04. The average molecular weight is 318 g/mol. The lowest BCUT2D eigenvalue weighted by molar-refractivity contribution is 0.122. The molecule has 15 heavy (non-hydrogen) atoms. The lowest BCUT2D eigenvalue weighted by Crippen LogP contribution is -2.24. The minimum Gasteiger partial charge on any atom is -0.474 e. The zero-order chi connectivity index (χ0) is 10.7. The molecule has 3 nitrogen and oxygen atoms in total. The van der Waals surface area contributed by atoms with Crippen LogP contribution in [-0.4, -0.2) is 16.1 Å². The van der Waals surface area contributed by atoms with Gasteiger partial charge in [0.2, 0.25) is 5.88 Å². The molecule has 0 spiro atoms. The summed E-state index contributed by atoms with van der Waals surface area (Å²) in [5.74, 6) is 1.52. The molecule has 2 atom stereocenters. The van der Waals surface area contributed by atoms with Crippen molar-refractivity contribution < 1.29 is 4.74 Å². The second-order valence-corrected chi connectivity index (χ2v) is 5.35. The van der Waals surface area contributed by atoms with Gasteiger partial charge in [-0.05, 0) is 47.8 Å². The van der Waals surface area contributed by atoms with Gasteiger partial charge in [-0.25, -0.2) is 9.97 Å². The summed E-state index contributed by atoms with van der Waals surface area (Å²) in [4.78, 5) is 8.11. The summed E-state index contributed by atoms with van der Waals surface area (Å²) in [6, 6.07) is 0. The maximum atomic E-state index is 5.90. The number of hydrogen-bond donors (Lipinski definition) is 0. The molecular formula is C11H15IN2O. The summed E-state index contributed by atoms with van der Waals surface area (Å²) >= 11 is 2.21. The largest absolute Gasteiger partial charge is 0.474 e. The second kappa shape index (κ2) is 5.09. The van der Waals surface area contributed by atoms with Gasteiger partial charge in [0.15, 0.2) is 0 Å². The molecule has 1 aromatic heterocycles. The molecule has 1 saturated carbocycles. The summed E-state index contributed by atoms with van der Waals surface area (Å²) in [6.45, 7) is 2.29. The van der Waals surface area contributed by atoms with Crippen LogP contribution < -0.4 is 4.74 Å². The zero-order valence-corrected chi connectivity index (χ0v) is 11.0. The normalized spacial score (nSPS) is 26.3. The van der Waals surface area contributed by atoms with Crippen molar-refractivity contribution in [2.24, 2.45) is 5.92 Å². The highest BCUT2D eigenvalue weighted by atomic mass is 127. The van der Waals surface area contributed by atoms with Crippen molar-refractivity contribution in [3.63, 3.8) is 0 Å². The van der Waals surface area contributed by atoms with E-state index in [0.717, 1.165) is 28.2 Å². The molecule has 82 valence electrons. The fraction of sp³-hybridized carbons (Fsp3) is 0.636. The van der Waals surface area contributed by atoms with E-state index in [1.54, 1.807) is 12.5 Å². The minimum atomic E-state index is 0.345. The van der Waals surface area contributed by atoms with Gasteiger partial charge in [-0.2, -0.15) is 0 Å². The van der Waals surface area contributed by atoms with Gasteiger partial charge in [-0.3, -0.25) is 0 Å². The fourth-order valence-corrected chi connectivity index (χ4v) is 2.46. The Morgan fingerprint density at radius 1 is 1.47 bits per heavy atom. The summed E-state index contributed by atoms with van der Waals surface area (Å²) in [5.41, 5.74) is 0. The van der Waals surface area contributed by atoms with Crippen LogP contribution in [0, 0.1) is 9.49 Å². The molecule has 0 bridgehead atoms. The van der Waals surface area contributed by atoms with E-state index in [1.165, 1.54) is 12.8 Å². The standard InChI is InChI=1S/C11H15IN2O/c1-8-3-2-4-9(5-8)15-11-10(12)6-13-7-14-11/h6-9H,2-5H2,1H3. The van der Waals surface area contributed by atoms with Crippen molar-refractivity contribution in [1.82, 2.24) is 9.97 Å². The van der Waals surface area contributed by atoms with Crippen LogP contribution >= 0.6 is 22.6 Å². The van der Waals surface area contributed by atoms with E-state index >= 15 is 0 Å². The van der Waals surface area contributed by atoms with E-state index in [-0.39, 0.29) is 0 Å². The third kappa shape index (κ3) is 3.03. The molecule has 4 heteroatoms. The monoisotopic (exact) mass is 318 g/mol. The first-order chi connectivity index (χ1) is 7.25. The van der Waals surface area contributed by atoms with Crippen molar-refractivity contribution in [3.8, 4) is 5.88 Å². The van der Waals surface area contributed by atoms with Crippen molar-refractivity contribution in [2.75, 3.05) is 0 Å². The third-order valence-corrected chi connectivity index (χ3v) is 3.54. The van der Waals surface area contributed by atoms with Gasteiger partial charge in [0.25, 0.3) is 0 Å².